The fourth-order valence-corrected chi connectivity index (χ4v) is 1.31. The van der Waals surface area contributed by atoms with E-state index in [2.05, 4.69) is 20.9 Å². The first-order valence-corrected chi connectivity index (χ1v) is 4.45. The Morgan fingerprint density at radius 2 is 2.08 bits per heavy atom. The van der Waals surface area contributed by atoms with Gasteiger partial charge in [0.15, 0.2) is 0 Å². The number of nitrogens with two attached hydrogens (primary N) is 1. The van der Waals surface area contributed by atoms with Gasteiger partial charge >= 0.3 is 6.18 Å². The molecule has 0 aromatic carbocycles. The van der Waals surface area contributed by atoms with Crippen LogP contribution in [0.2, 0.25) is 0 Å². The lowest BCUT2D eigenvalue weighted by Crippen LogP contribution is -2.10. The number of nitrogen functional groups attached to an aromatic ring is 1. The second-order valence-electron chi connectivity index (χ2n) is 2.39. The van der Waals surface area contributed by atoms with E-state index < -0.39 is 11.7 Å². The minimum absolute atomic E-state index is 0.0111. The molecule has 2 N–H and O–H groups in total. The lowest BCUT2D eigenvalue weighted by molar-refractivity contribution is -0.138. The lowest BCUT2D eigenvalue weighted by atomic mass is 10.2. The summed E-state index contributed by atoms with van der Waals surface area (Å²) >= 11 is 2.92. The third-order valence-corrected chi connectivity index (χ3v) is 1.95. The summed E-state index contributed by atoms with van der Waals surface area (Å²) in [5, 5.41) is 0.0577. The van der Waals surface area contributed by atoms with Gasteiger partial charge in [-0.25, -0.2) is 0 Å². The van der Waals surface area contributed by atoms with E-state index in [0.29, 0.717) is 0 Å². The third-order valence-electron chi connectivity index (χ3n) is 1.42. The Morgan fingerprint density at radius 3 is 2.54 bits per heavy atom. The van der Waals surface area contributed by atoms with Crippen molar-refractivity contribution < 1.29 is 13.2 Å². The molecule has 13 heavy (non-hydrogen) atoms. The Balaban J connectivity index is 3.24. The Bertz CT molecular complexity index is 311. The number of hydrogen-bond donors (Lipinski definition) is 1. The maximum Gasteiger partial charge on any atom is 0.418 e. The standard InChI is InChI=1S/C7H6BrF3N2/c8-2-6-5(7(9,10)11)1-4(12)3-13-6/h1,3H,2,12H2. The van der Waals surface area contributed by atoms with Gasteiger partial charge in [0.1, 0.15) is 0 Å². The minimum Gasteiger partial charge on any atom is -0.397 e. The van der Waals surface area contributed by atoms with Crippen molar-refractivity contribution in [3.05, 3.63) is 23.5 Å². The van der Waals surface area contributed by atoms with E-state index in [4.69, 9.17) is 5.73 Å². The van der Waals surface area contributed by atoms with Gasteiger partial charge in [0, 0.05) is 5.33 Å². The van der Waals surface area contributed by atoms with E-state index in [-0.39, 0.29) is 16.7 Å². The highest BCUT2D eigenvalue weighted by Crippen LogP contribution is 2.32. The molecule has 0 radical (unpaired) electrons. The van der Waals surface area contributed by atoms with Crippen molar-refractivity contribution in [3.8, 4) is 0 Å². The maximum absolute atomic E-state index is 12.3. The second-order valence-corrected chi connectivity index (χ2v) is 2.96. The van der Waals surface area contributed by atoms with Crippen molar-refractivity contribution in [1.82, 2.24) is 4.98 Å². The first-order valence-electron chi connectivity index (χ1n) is 3.32. The summed E-state index contributed by atoms with van der Waals surface area (Å²) in [4.78, 5) is 3.57. The van der Waals surface area contributed by atoms with Crippen LogP contribution in [-0.4, -0.2) is 4.98 Å². The molecule has 0 unspecified atom stereocenters. The predicted octanol–water partition coefficient (Wildman–Crippen LogP) is 2.58. The number of hydrogen-bond acceptors (Lipinski definition) is 2. The minimum atomic E-state index is -4.40. The summed E-state index contributed by atoms with van der Waals surface area (Å²) in [7, 11) is 0. The zero-order chi connectivity index (χ0) is 10.1. The van der Waals surface area contributed by atoms with E-state index in [1.165, 1.54) is 6.20 Å². The Labute approximate surface area is 81.1 Å². The summed E-state index contributed by atoms with van der Waals surface area (Å²) < 4.78 is 36.9. The molecule has 1 rings (SSSR count). The molecule has 0 aliphatic carbocycles. The van der Waals surface area contributed by atoms with Crippen molar-refractivity contribution >= 4 is 21.6 Å². The lowest BCUT2D eigenvalue weighted by Gasteiger charge is -2.10. The fourth-order valence-electron chi connectivity index (χ4n) is 0.861. The Hall–Kier alpha value is -0.780. The molecule has 0 fully saturated rings. The van der Waals surface area contributed by atoms with E-state index in [0.717, 1.165) is 6.07 Å². The van der Waals surface area contributed by atoms with E-state index in [9.17, 15) is 13.2 Å². The van der Waals surface area contributed by atoms with Crippen LogP contribution in [0.5, 0.6) is 0 Å². The molecule has 2 nitrogen and oxygen atoms in total. The molecule has 0 atom stereocenters. The summed E-state index contributed by atoms with van der Waals surface area (Å²) in [6, 6.07) is 0.879. The van der Waals surface area contributed by atoms with Crippen LogP contribution in [0.3, 0.4) is 0 Å². The summed E-state index contributed by atoms with van der Waals surface area (Å²) in [6.45, 7) is 0. The molecule has 0 bridgehead atoms. The number of pyridine rings is 1. The van der Waals surface area contributed by atoms with Crippen LogP contribution < -0.4 is 5.73 Å². The first kappa shape index (κ1) is 10.3. The molecule has 1 heterocycles. The zero-order valence-electron chi connectivity index (χ0n) is 6.40. The van der Waals surface area contributed by atoms with Gasteiger partial charge in [-0.15, -0.1) is 0 Å². The average molecular weight is 255 g/mol. The van der Waals surface area contributed by atoms with Crippen molar-refractivity contribution in [2.75, 3.05) is 5.73 Å². The van der Waals surface area contributed by atoms with Crippen molar-refractivity contribution in [2.24, 2.45) is 0 Å². The number of alkyl halides is 4. The molecule has 0 saturated heterocycles. The molecule has 0 aliphatic rings. The number of anilines is 1. The number of nitrogens with zero attached hydrogens (tertiary/aromatic N) is 1. The fraction of sp³-hybridized carbons (Fsp3) is 0.286. The average Bonchev–Trinajstić information content (AvgIpc) is 2.03. The number of aromatic nitrogens is 1. The van der Waals surface area contributed by atoms with Gasteiger partial charge in [-0.3, -0.25) is 4.98 Å². The van der Waals surface area contributed by atoms with E-state index in [1.807, 2.05) is 0 Å². The zero-order valence-corrected chi connectivity index (χ0v) is 7.98. The Morgan fingerprint density at radius 1 is 1.46 bits per heavy atom. The maximum atomic E-state index is 12.3. The molecule has 0 saturated carbocycles. The van der Waals surface area contributed by atoms with Gasteiger partial charge in [0.05, 0.1) is 23.1 Å². The molecular weight excluding hydrogens is 249 g/mol. The molecule has 0 spiro atoms. The van der Waals surface area contributed by atoms with Gasteiger partial charge in [-0.1, -0.05) is 15.9 Å². The normalized spacial score (nSPS) is 11.7. The summed E-state index contributed by atoms with van der Waals surface area (Å²) in [5.41, 5.74) is 4.37. The van der Waals surface area contributed by atoms with Crippen LogP contribution in [0.1, 0.15) is 11.3 Å². The van der Waals surface area contributed by atoms with Crippen molar-refractivity contribution in [1.29, 1.82) is 0 Å². The van der Waals surface area contributed by atoms with E-state index in [1.54, 1.807) is 0 Å². The first-order chi connectivity index (χ1) is 5.95. The summed E-state index contributed by atoms with van der Waals surface area (Å²) in [5.74, 6) is 0. The SMILES string of the molecule is Nc1cnc(CBr)c(C(F)(F)F)c1. The molecule has 1 aromatic heterocycles. The number of halogens is 4. The van der Waals surface area contributed by atoms with Gasteiger partial charge in [0.2, 0.25) is 0 Å². The van der Waals surface area contributed by atoms with Crippen LogP contribution in [0.15, 0.2) is 12.3 Å². The highest BCUT2D eigenvalue weighted by atomic mass is 79.9. The third kappa shape index (κ3) is 2.33. The van der Waals surface area contributed by atoms with Gasteiger partial charge < -0.3 is 5.73 Å². The van der Waals surface area contributed by atoms with Gasteiger partial charge in [0.25, 0.3) is 0 Å². The quantitative estimate of drug-likeness (QED) is 0.783. The highest BCUT2D eigenvalue weighted by molar-refractivity contribution is 9.08. The van der Waals surface area contributed by atoms with Crippen LogP contribution in [0.25, 0.3) is 0 Å². The predicted molar refractivity (Wildman–Crippen MR) is 46.3 cm³/mol. The van der Waals surface area contributed by atoms with Gasteiger partial charge in [-0.05, 0) is 6.07 Å². The summed E-state index contributed by atoms with van der Waals surface area (Å²) in [6.07, 6.45) is -3.20. The second kappa shape index (κ2) is 3.53. The van der Waals surface area contributed by atoms with E-state index >= 15 is 0 Å². The topological polar surface area (TPSA) is 38.9 Å². The highest BCUT2D eigenvalue weighted by Gasteiger charge is 2.33. The van der Waals surface area contributed by atoms with Crippen molar-refractivity contribution in [3.63, 3.8) is 0 Å². The molecular formula is C7H6BrF3N2. The van der Waals surface area contributed by atoms with Crippen LogP contribution in [-0.2, 0) is 11.5 Å². The number of rotatable bonds is 1. The Kier molecular flexibility index (Phi) is 2.80. The molecule has 0 amide bonds. The van der Waals surface area contributed by atoms with Gasteiger partial charge in [-0.2, -0.15) is 13.2 Å². The molecule has 0 aliphatic heterocycles. The molecule has 6 heteroatoms. The van der Waals surface area contributed by atoms with Crippen molar-refractivity contribution in [2.45, 2.75) is 11.5 Å². The smallest absolute Gasteiger partial charge is 0.397 e. The molecule has 72 valence electrons. The van der Waals surface area contributed by atoms with Crippen LogP contribution >= 0.6 is 15.9 Å². The van der Waals surface area contributed by atoms with Crippen LogP contribution in [0, 0.1) is 0 Å². The monoisotopic (exact) mass is 254 g/mol. The molecule has 1 aromatic rings. The largest absolute Gasteiger partial charge is 0.418 e. The van der Waals surface area contributed by atoms with Crippen LogP contribution in [0.4, 0.5) is 18.9 Å².